The summed E-state index contributed by atoms with van der Waals surface area (Å²) < 4.78 is 16.7. The summed E-state index contributed by atoms with van der Waals surface area (Å²) in [5.74, 6) is -0.880. The molecule has 0 N–H and O–H groups in total. The highest BCUT2D eigenvalue weighted by Crippen LogP contribution is 2.16. The first-order valence-corrected chi connectivity index (χ1v) is 27.9. The maximum absolute atomic E-state index is 12.7. The largest absolute Gasteiger partial charge is 0.462 e. The number of esters is 3. The number of ether oxygens (including phenoxy) is 3. The molecule has 1 atom stereocenters. The Balaban J connectivity index is 3.92. The van der Waals surface area contributed by atoms with Gasteiger partial charge in [0.15, 0.2) is 6.10 Å². The van der Waals surface area contributed by atoms with Crippen LogP contribution in [0.1, 0.15) is 271 Å². The average molecular weight is 921 g/mol. The predicted octanol–water partition coefficient (Wildman–Crippen LogP) is 18.6. The van der Waals surface area contributed by atoms with Crippen molar-refractivity contribution in [3.05, 3.63) is 72.9 Å². The van der Waals surface area contributed by atoms with Gasteiger partial charge < -0.3 is 14.2 Å². The molecule has 1 unspecified atom stereocenters. The first kappa shape index (κ1) is 62.8. The quantitative estimate of drug-likeness (QED) is 0.0262. The van der Waals surface area contributed by atoms with Gasteiger partial charge >= 0.3 is 17.9 Å². The fourth-order valence-corrected chi connectivity index (χ4v) is 7.80. The average Bonchev–Trinajstić information content (AvgIpc) is 3.31. The normalized spacial score (nSPS) is 12.6. The van der Waals surface area contributed by atoms with Crippen LogP contribution in [0.25, 0.3) is 0 Å². The lowest BCUT2D eigenvalue weighted by Crippen LogP contribution is -2.30. The molecule has 0 aliphatic heterocycles. The first-order chi connectivity index (χ1) is 32.5. The Bertz CT molecular complexity index is 1240. The molecule has 0 aliphatic rings. The standard InChI is InChI=1S/C60H104O6/c1-4-7-10-13-16-18-19-20-21-22-23-24-25-26-27-28-29-30-31-32-33-34-35-36-37-38-39-40-41-43-44-47-50-53-59(62)65-56-57(55-64-58(61)52-49-46-15-12-9-6-3)66-60(63)54-51-48-45-42-17-14-11-8-5-2/h7,10,16,18,20-21,23-24,26-27,29-30,57H,4-6,8-9,11-15,17,19,22,25,28,31-56H2,1-3H3/b10-7-,18-16-,21-20-,24-23-,27-26-,30-29-. The van der Waals surface area contributed by atoms with Gasteiger partial charge in [0.2, 0.25) is 0 Å². The van der Waals surface area contributed by atoms with E-state index in [4.69, 9.17) is 14.2 Å². The van der Waals surface area contributed by atoms with Crippen molar-refractivity contribution in [1.29, 1.82) is 0 Å². The maximum Gasteiger partial charge on any atom is 0.306 e. The van der Waals surface area contributed by atoms with Gasteiger partial charge in [0.05, 0.1) is 0 Å². The Hall–Kier alpha value is -3.15. The molecule has 0 saturated heterocycles. The van der Waals surface area contributed by atoms with Gasteiger partial charge in [-0.2, -0.15) is 0 Å². The molecule has 6 heteroatoms. The summed E-state index contributed by atoms with van der Waals surface area (Å²) in [5, 5.41) is 0. The monoisotopic (exact) mass is 921 g/mol. The topological polar surface area (TPSA) is 78.9 Å². The SMILES string of the molecule is CC/C=C\C/C=C\C/C=C\C/C=C\C/C=C\C/C=C\CCCCCCCCCCCCCCCCC(=O)OCC(COC(=O)CCCCCCCC)OC(=O)CCCCCCCCCCC. The molecule has 0 aromatic carbocycles. The Morgan fingerprint density at radius 3 is 0.924 bits per heavy atom. The van der Waals surface area contributed by atoms with Crippen molar-refractivity contribution in [3.63, 3.8) is 0 Å². The van der Waals surface area contributed by atoms with Crippen LogP contribution in [0.5, 0.6) is 0 Å². The zero-order valence-electron chi connectivity index (χ0n) is 43.4. The van der Waals surface area contributed by atoms with Crippen LogP contribution in [-0.2, 0) is 28.6 Å². The van der Waals surface area contributed by atoms with E-state index < -0.39 is 6.10 Å². The lowest BCUT2D eigenvalue weighted by Gasteiger charge is -2.18. The molecule has 0 bridgehead atoms. The van der Waals surface area contributed by atoms with Gasteiger partial charge in [0.25, 0.3) is 0 Å². The molecular weight excluding hydrogens is 817 g/mol. The fourth-order valence-electron chi connectivity index (χ4n) is 7.80. The summed E-state index contributed by atoms with van der Waals surface area (Å²) in [7, 11) is 0. The highest BCUT2D eigenvalue weighted by atomic mass is 16.6. The molecule has 6 nitrogen and oxygen atoms in total. The molecule has 0 spiro atoms. The number of carbonyl (C=O) groups excluding carboxylic acids is 3. The van der Waals surface area contributed by atoms with E-state index in [1.165, 1.54) is 135 Å². The minimum absolute atomic E-state index is 0.0717. The second-order valence-electron chi connectivity index (χ2n) is 18.5. The van der Waals surface area contributed by atoms with E-state index in [2.05, 4.69) is 93.7 Å². The van der Waals surface area contributed by atoms with Crippen LogP contribution in [0.2, 0.25) is 0 Å². The molecule has 380 valence electrons. The Morgan fingerprint density at radius 1 is 0.318 bits per heavy atom. The van der Waals surface area contributed by atoms with Crippen molar-refractivity contribution in [2.75, 3.05) is 13.2 Å². The third-order valence-corrected chi connectivity index (χ3v) is 12.0. The fraction of sp³-hybridized carbons (Fsp3) is 0.750. The van der Waals surface area contributed by atoms with Crippen molar-refractivity contribution in [1.82, 2.24) is 0 Å². The first-order valence-electron chi connectivity index (χ1n) is 27.9. The van der Waals surface area contributed by atoms with E-state index in [0.29, 0.717) is 19.3 Å². The van der Waals surface area contributed by atoms with Crippen LogP contribution < -0.4 is 0 Å². The van der Waals surface area contributed by atoms with Crippen LogP contribution >= 0.6 is 0 Å². The van der Waals surface area contributed by atoms with Gasteiger partial charge in [0, 0.05) is 19.3 Å². The molecule has 0 rings (SSSR count). The number of allylic oxidation sites excluding steroid dienone is 12. The summed E-state index contributed by atoms with van der Waals surface area (Å²) in [6.45, 7) is 6.45. The lowest BCUT2D eigenvalue weighted by atomic mass is 10.0. The van der Waals surface area contributed by atoms with Gasteiger partial charge in [-0.1, -0.05) is 254 Å². The van der Waals surface area contributed by atoms with Gasteiger partial charge in [-0.25, -0.2) is 0 Å². The second kappa shape index (κ2) is 54.5. The van der Waals surface area contributed by atoms with Gasteiger partial charge in [0.1, 0.15) is 13.2 Å². The van der Waals surface area contributed by atoms with Crippen molar-refractivity contribution in [3.8, 4) is 0 Å². The summed E-state index contributed by atoms with van der Waals surface area (Å²) in [5.41, 5.74) is 0. The summed E-state index contributed by atoms with van der Waals surface area (Å²) in [6.07, 6.45) is 69.5. The molecule has 0 heterocycles. The molecule has 66 heavy (non-hydrogen) atoms. The van der Waals surface area contributed by atoms with Crippen LogP contribution in [0.4, 0.5) is 0 Å². The molecule has 0 aromatic rings. The highest BCUT2D eigenvalue weighted by molar-refractivity contribution is 5.71. The second-order valence-corrected chi connectivity index (χ2v) is 18.5. The van der Waals surface area contributed by atoms with E-state index >= 15 is 0 Å². The number of carbonyl (C=O) groups is 3. The minimum atomic E-state index is -0.766. The maximum atomic E-state index is 12.7. The third-order valence-electron chi connectivity index (χ3n) is 12.0. The van der Waals surface area contributed by atoms with E-state index in [0.717, 1.165) is 96.3 Å². The van der Waals surface area contributed by atoms with E-state index in [1.807, 2.05) is 0 Å². The van der Waals surface area contributed by atoms with Crippen LogP contribution in [0, 0.1) is 0 Å². The molecule has 0 aromatic heterocycles. The predicted molar refractivity (Wildman–Crippen MR) is 284 cm³/mol. The highest BCUT2D eigenvalue weighted by Gasteiger charge is 2.19. The smallest absolute Gasteiger partial charge is 0.306 e. The molecular formula is C60H104O6. The Labute approximate surface area is 408 Å². The van der Waals surface area contributed by atoms with Crippen LogP contribution in [0.15, 0.2) is 72.9 Å². The number of rotatable bonds is 50. The third kappa shape index (κ3) is 51.8. The molecule has 0 fully saturated rings. The van der Waals surface area contributed by atoms with Crippen molar-refractivity contribution in [2.24, 2.45) is 0 Å². The zero-order valence-corrected chi connectivity index (χ0v) is 43.4. The molecule has 0 aliphatic carbocycles. The molecule has 0 radical (unpaired) electrons. The lowest BCUT2D eigenvalue weighted by molar-refractivity contribution is -0.167. The number of hydrogen-bond donors (Lipinski definition) is 0. The number of hydrogen-bond acceptors (Lipinski definition) is 6. The van der Waals surface area contributed by atoms with E-state index in [-0.39, 0.29) is 31.1 Å². The minimum Gasteiger partial charge on any atom is -0.462 e. The van der Waals surface area contributed by atoms with E-state index in [1.54, 1.807) is 0 Å². The van der Waals surface area contributed by atoms with Gasteiger partial charge in [-0.15, -0.1) is 0 Å². The summed E-state index contributed by atoms with van der Waals surface area (Å²) >= 11 is 0. The number of unbranched alkanes of at least 4 members (excludes halogenated alkanes) is 27. The zero-order chi connectivity index (χ0) is 47.9. The Kier molecular flexibility index (Phi) is 51.9. The summed E-state index contributed by atoms with van der Waals surface area (Å²) in [6, 6.07) is 0. The van der Waals surface area contributed by atoms with Crippen LogP contribution in [0.3, 0.4) is 0 Å². The van der Waals surface area contributed by atoms with Crippen LogP contribution in [-0.4, -0.2) is 37.2 Å². The van der Waals surface area contributed by atoms with Crippen molar-refractivity contribution >= 4 is 17.9 Å². The van der Waals surface area contributed by atoms with Gasteiger partial charge in [-0.05, 0) is 70.6 Å². The summed E-state index contributed by atoms with van der Waals surface area (Å²) in [4.78, 5) is 37.6. The Morgan fingerprint density at radius 2 is 0.591 bits per heavy atom. The molecule has 0 saturated carbocycles. The van der Waals surface area contributed by atoms with Crippen molar-refractivity contribution in [2.45, 2.75) is 277 Å². The van der Waals surface area contributed by atoms with Gasteiger partial charge in [-0.3, -0.25) is 14.4 Å². The van der Waals surface area contributed by atoms with E-state index in [9.17, 15) is 14.4 Å². The molecule has 0 amide bonds. The van der Waals surface area contributed by atoms with Crippen molar-refractivity contribution < 1.29 is 28.6 Å².